The van der Waals surface area contributed by atoms with E-state index < -0.39 is 9.06 Å². The van der Waals surface area contributed by atoms with E-state index in [0.29, 0.717) is 16.5 Å². The van der Waals surface area contributed by atoms with Gasteiger partial charge in [0, 0.05) is 5.69 Å². The lowest BCUT2D eigenvalue weighted by Gasteiger charge is -2.04. The van der Waals surface area contributed by atoms with E-state index in [9.17, 15) is 8.42 Å². The average Bonchev–Trinajstić information content (AvgIpc) is 2.02. The molecule has 0 saturated heterocycles. The fourth-order valence-corrected chi connectivity index (χ4v) is 2.77. The van der Waals surface area contributed by atoms with Gasteiger partial charge in [0.05, 0.1) is 10.8 Å². The summed E-state index contributed by atoms with van der Waals surface area (Å²) < 4.78 is 21.1. The Labute approximate surface area is 91.3 Å². The second-order valence-corrected chi connectivity index (χ2v) is 6.28. The third-order valence-corrected chi connectivity index (χ3v) is 3.51. The summed E-state index contributed by atoms with van der Waals surface area (Å²) in [5, 5.41) is 9.33. The minimum absolute atomic E-state index is 0.0474. The highest BCUT2D eigenvalue weighted by Crippen LogP contribution is 2.14. The number of thiocarbonyl (C=S) groups is 1. The van der Waals surface area contributed by atoms with Crippen LogP contribution < -0.4 is 10.5 Å². The summed E-state index contributed by atoms with van der Waals surface area (Å²) in [4.78, 5) is 0. The Morgan fingerprint density at radius 1 is 1.36 bits per heavy atom. The van der Waals surface area contributed by atoms with Gasteiger partial charge in [-0.25, -0.2) is 0 Å². The molecule has 0 heterocycles. The summed E-state index contributed by atoms with van der Waals surface area (Å²) >= 11 is 4.74. The molecule has 0 aliphatic heterocycles. The normalized spacial score (nSPS) is 10.9. The lowest BCUT2D eigenvalue weighted by atomic mass is 10.3. The summed E-state index contributed by atoms with van der Waals surface area (Å²) in [6, 6.07) is 8.94. The number of para-hydroxylation sites is 1. The van der Waals surface area contributed by atoms with Gasteiger partial charge in [0.2, 0.25) is 0 Å². The highest BCUT2D eigenvalue weighted by Gasteiger charge is 2.09. The predicted octanol–water partition coefficient (Wildman–Crippen LogP) is 1.64. The fraction of sp³-hybridized carbons (Fsp3) is 0. The fourth-order valence-electron chi connectivity index (χ4n) is 0.760. The second-order valence-electron chi connectivity index (χ2n) is 2.32. The van der Waals surface area contributed by atoms with Crippen LogP contribution in [0.25, 0.3) is 0 Å². The molecule has 75 valence electrons. The number of benzene rings is 1. The molecule has 7 heteroatoms. The number of anilines is 1. The first-order chi connectivity index (χ1) is 6.47. The molecule has 2 N–H and O–H groups in total. The van der Waals surface area contributed by atoms with Gasteiger partial charge in [-0.3, -0.25) is 0 Å². The molecule has 0 amide bonds. The van der Waals surface area contributed by atoms with Crippen molar-refractivity contribution in [2.75, 3.05) is 5.32 Å². The van der Waals surface area contributed by atoms with Crippen molar-refractivity contribution in [2.45, 2.75) is 0 Å². The number of hydrogen-bond donors (Lipinski definition) is 1. The maximum atomic E-state index is 10.5. The van der Waals surface area contributed by atoms with Crippen molar-refractivity contribution in [1.82, 2.24) is 5.14 Å². The van der Waals surface area contributed by atoms with Crippen molar-refractivity contribution in [3.8, 4) is 0 Å². The van der Waals surface area contributed by atoms with Crippen LogP contribution in [0.1, 0.15) is 0 Å². The first-order valence-corrected chi connectivity index (χ1v) is 6.75. The number of hydrogen-bond acceptors (Lipinski definition) is 4. The van der Waals surface area contributed by atoms with Crippen molar-refractivity contribution < 1.29 is 8.42 Å². The lowest BCUT2D eigenvalue weighted by Crippen LogP contribution is -2.08. The van der Waals surface area contributed by atoms with Crippen molar-refractivity contribution >= 4 is 42.1 Å². The Balaban J connectivity index is 2.59. The van der Waals surface area contributed by atoms with Crippen LogP contribution in [0.5, 0.6) is 0 Å². The van der Waals surface area contributed by atoms with Gasteiger partial charge in [-0.15, -0.1) is 5.14 Å². The van der Waals surface area contributed by atoms with Crippen molar-refractivity contribution in [1.29, 1.82) is 0 Å². The first-order valence-electron chi connectivity index (χ1n) is 3.52. The standard InChI is InChI=1S/C7H7N2O2S3/c8-14(10,11)13-7(12)9-6-4-2-1-3-5-6/h1-5,8H,(H,9,12). The summed E-state index contributed by atoms with van der Waals surface area (Å²) in [7, 11) is -3.57. The Hall–Kier alpha value is -0.630. The van der Waals surface area contributed by atoms with Crippen LogP contribution in [0.15, 0.2) is 30.3 Å². The number of rotatable bonds is 2. The summed E-state index contributed by atoms with van der Waals surface area (Å²) in [5.41, 5.74) is 0.702. The minimum Gasteiger partial charge on any atom is -0.340 e. The van der Waals surface area contributed by atoms with E-state index in [-0.39, 0.29) is 4.32 Å². The third kappa shape index (κ3) is 4.56. The molecule has 1 aromatic rings. The van der Waals surface area contributed by atoms with Gasteiger partial charge in [-0.1, -0.05) is 30.4 Å². The molecular formula is C7H7N2O2S3. The van der Waals surface area contributed by atoms with E-state index in [1.54, 1.807) is 24.3 Å². The summed E-state index contributed by atoms with van der Waals surface area (Å²) in [5.74, 6) is 0. The average molecular weight is 247 g/mol. The van der Waals surface area contributed by atoms with E-state index in [4.69, 9.17) is 17.4 Å². The topological polar surface area (TPSA) is 70.0 Å². The Kier molecular flexibility index (Phi) is 3.87. The van der Waals surface area contributed by atoms with Crippen LogP contribution in [0.4, 0.5) is 5.69 Å². The lowest BCUT2D eigenvalue weighted by molar-refractivity contribution is 0.611. The molecule has 1 radical (unpaired) electrons. The van der Waals surface area contributed by atoms with Crippen LogP contribution in [-0.4, -0.2) is 12.7 Å². The first kappa shape index (κ1) is 11.4. The van der Waals surface area contributed by atoms with E-state index in [1.165, 1.54) is 0 Å². The van der Waals surface area contributed by atoms with Crippen LogP contribution in [0, 0.1) is 0 Å². The molecule has 0 fully saturated rings. The Morgan fingerprint density at radius 3 is 2.43 bits per heavy atom. The van der Waals surface area contributed by atoms with E-state index in [2.05, 4.69) is 5.32 Å². The van der Waals surface area contributed by atoms with Crippen LogP contribution >= 0.6 is 23.0 Å². The molecule has 4 nitrogen and oxygen atoms in total. The van der Waals surface area contributed by atoms with Gasteiger partial charge in [0.25, 0.3) is 9.06 Å². The van der Waals surface area contributed by atoms with Crippen LogP contribution in [0.3, 0.4) is 0 Å². The Morgan fingerprint density at radius 2 is 1.93 bits per heavy atom. The van der Waals surface area contributed by atoms with Gasteiger partial charge in [0.15, 0.2) is 4.32 Å². The van der Waals surface area contributed by atoms with Gasteiger partial charge in [0.1, 0.15) is 0 Å². The molecule has 0 bridgehead atoms. The van der Waals surface area contributed by atoms with Crippen LogP contribution in [-0.2, 0) is 9.06 Å². The smallest absolute Gasteiger partial charge is 0.285 e. The van der Waals surface area contributed by atoms with Gasteiger partial charge >= 0.3 is 0 Å². The highest BCUT2D eigenvalue weighted by atomic mass is 33.1. The zero-order valence-electron chi connectivity index (χ0n) is 6.93. The van der Waals surface area contributed by atoms with Crippen molar-refractivity contribution in [2.24, 2.45) is 0 Å². The number of nitrogens with one attached hydrogen (secondary N) is 2. The molecular weight excluding hydrogens is 240 g/mol. The van der Waals surface area contributed by atoms with Crippen molar-refractivity contribution in [3.05, 3.63) is 30.3 Å². The summed E-state index contributed by atoms with van der Waals surface area (Å²) in [6.45, 7) is 0. The van der Waals surface area contributed by atoms with Gasteiger partial charge in [-0.2, -0.15) is 8.42 Å². The molecule has 0 unspecified atom stereocenters. The molecule has 14 heavy (non-hydrogen) atoms. The van der Waals surface area contributed by atoms with E-state index in [0.717, 1.165) is 0 Å². The maximum absolute atomic E-state index is 10.5. The molecule has 1 rings (SSSR count). The monoisotopic (exact) mass is 247 g/mol. The third-order valence-electron chi connectivity index (χ3n) is 1.21. The van der Waals surface area contributed by atoms with Crippen molar-refractivity contribution in [3.63, 3.8) is 0 Å². The predicted molar refractivity (Wildman–Crippen MR) is 62.3 cm³/mol. The minimum atomic E-state index is -3.88. The van der Waals surface area contributed by atoms with Crippen LogP contribution in [0.2, 0.25) is 0 Å². The SMILES string of the molecule is [NH]S(=O)(=O)SC(=S)Nc1ccccc1. The zero-order chi connectivity index (χ0) is 10.6. The largest absolute Gasteiger partial charge is 0.340 e. The highest BCUT2D eigenvalue weighted by molar-refractivity contribution is 8.78. The van der Waals surface area contributed by atoms with E-state index >= 15 is 0 Å². The van der Waals surface area contributed by atoms with Gasteiger partial charge in [-0.05, 0) is 12.1 Å². The quantitative estimate of drug-likeness (QED) is 0.635. The molecule has 0 atom stereocenters. The second kappa shape index (κ2) is 4.74. The zero-order valence-corrected chi connectivity index (χ0v) is 9.38. The molecule has 1 aromatic carbocycles. The molecule has 0 aliphatic carbocycles. The maximum Gasteiger partial charge on any atom is 0.285 e. The Bertz CT molecular complexity index is 416. The molecule has 0 saturated carbocycles. The summed E-state index contributed by atoms with van der Waals surface area (Å²) in [6.07, 6.45) is 0. The van der Waals surface area contributed by atoms with E-state index in [1.807, 2.05) is 6.07 Å². The molecule has 0 aliphatic rings. The molecule has 0 aromatic heterocycles. The molecule has 0 spiro atoms. The van der Waals surface area contributed by atoms with Gasteiger partial charge < -0.3 is 5.32 Å².